The Bertz CT molecular complexity index is 454. The maximum atomic E-state index is 9.53. The molecule has 3 rings (SSSR count). The van der Waals surface area contributed by atoms with Crippen LogP contribution >= 0.6 is 0 Å². The predicted molar refractivity (Wildman–Crippen MR) is 77.6 cm³/mol. The highest BCUT2D eigenvalue weighted by atomic mass is 16.3. The SMILES string of the molecule is Nc1nc(NC2CCC(O)CC2)nc(N2CCCC2)n1. The molecular weight excluding hydrogens is 256 g/mol. The van der Waals surface area contributed by atoms with E-state index in [-0.39, 0.29) is 12.1 Å². The van der Waals surface area contributed by atoms with Gasteiger partial charge in [0.1, 0.15) is 0 Å². The van der Waals surface area contributed by atoms with Crippen LogP contribution in [0.1, 0.15) is 38.5 Å². The van der Waals surface area contributed by atoms with Gasteiger partial charge in [-0.1, -0.05) is 0 Å². The van der Waals surface area contributed by atoms with Crippen molar-refractivity contribution in [2.45, 2.75) is 50.7 Å². The van der Waals surface area contributed by atoms with Gasteiger partial charge in [0.2, 0.25) is 17.8 Å². The van der Waals surface area contributed by atoms with Gasteiger partial charge in [0.05, 0.1) is 6.10 Å². The molecule has 0 unspecified atom stereocenters. The lowest BCUT2D eigenvalue weighted by Crippen LogP contribution is -2.29. The third-order valence-corrected chi connectivity index (χ3v) is 4.06. The molecule has 110 valence electrons. The molecule has 7 nitrogen and oxygen atoms in total. The Morgan fingerprint density at radius 2 is 1.75 bits per heavy atom. The molecule has 0 amide bonds. The second kappa shape index (κ2) is 5.78. The van der Waals surface area contributed by atoms with Crippen molar-refractivity contribution in [3.05, 3.63) is 0 Å². The summed E-state index contributed by atoms with van der Waals surface area (Å²) in [6.07, 6.45) is 5.73. The van der Waals surface area contributed by atoms with Gasteiger partial charge in [0.25, 0.3) is 0 Å². The number of aliphatic hydroxyl groups is 1. The maximum absolute atomic E-state index is 9.53. The van der Waals surface area contributed by atoms with Crippen LogP contribution in [-0.2, 0) is 0 Å². The third-order valence-electron chi connectivity index (χ3n) is 4.06. The molecule has 2 aliphatic rings. The standard InChI is InChI=1S/C13H22N6O/c14-11-16-12(15-9-3-5-10(20)6-4-9)18-13(17-11)19-7-1-2-8-19/h9-10,20H,1-8H2,(H3,14,15,16,17,18). The van der Waals surface area contributed by atoms with Crippen molar-refractivity contribution in [2.24, 2.45) is 0 Å². The topological polar surface area (TPSA) is 100 Å². The first-order valence-corrected chi connectivity index (χ1v) is 7.42. The van der Waals surface area contributed by atoms with Crippen molar-refractivity contribution in [1.82, 2.24) is 15.0 Å². The number of aromatic nitrogens is 3. The van der Waals surface area contributed by atoms with E-state index in [0.717, 1.165) is 38.8 Å². The van der Waals surface area contributed by atoms with Crippen molar-refractivity contribution in [1.29, 1.82) is 0 Å². The zero-order valence-corrected chi connectivity index (χ0v) is 11.6. The molecule has 2 fully saturated rings. The Morgan fingerprint density at radius 3 is 2.45 bits per heavy atom. The number of hydrogen-bond acceptors (Lipinski definition) is 7. The molecule has 0 atom stereocenters. The number of rotatable bonds is 3. The molecular formula is C13H22N6O. The molecule has 1 aliphatic carbocycles. The number of nitrogens with two attached hydrogens (primary N) is 1. The minimum absolute atomic E-state index is 0.156. The van der Waals surface area contributed by atoms with Crippen LogP contribution in [0.3, 0.4) is 0 Å². The van der Waals surface area contributed by atoms with E-state index in [1.807, 2.05) is 0 Å². The summed E-state index contributed by atoms with van der Waals surface area (Å²) in [5.41, 5.74) is 5.79. The fourth-order valence-corrected chi connectivity index (χ4v) is 2.91. The highest BCUT2D eigenvalue weighted by Gasteiger charge is 2.21. The van der Waals surface area contributed by atoms with Gasteiger partial charge in [0, 0.05) is 19.1 Å². The van der Waals surface area contributed by atoms with Crippen molar-refractivity contribution in [2.75, 3.05) is 29.0 Å². The number of nitrogens with zero attached hydrogens (tertiary/aromatic N) is 4. The normalized spacial score (nSPS) is 26.8. The summed E-state index contributed by atoms with van der Waals surface area (Å²) < 4.78 is 0. The van der Waals surface area contributed by atoms with E-state index >= 15 is 0 Å². The molecule has 4 N–H and O–H groups in total. The van der Waals surface area contributed by atoms with Gasteiger partial charge in [-0.25, -0.2) is 0 Å². The predicted octanol–water partition coefficient (Wildman–Crippen LogP) is 0.769. The quantitative estimate of drug-likeness (QED) is 0.750. The van der Waals surface area contributed by atoms with E-state index in [9.17, 15) is 5.11 Å². The van der Waals surface area contributed by atoms with E-state index in [0.29, 0.717) is 17.9 Å². The summed E-state index contributed by atoms with van der Waals surface area (Å²) >= 11 is 0. The van der Waals surface area contributed by atoms with Gasteiger partial charge in [-0.15, -0.1) is 0 Å². The molecule has 0 radical (unpaired) electrons. The van der Waals surface area contributed by atoms with Gasteiger partial charge in [0.15, 0.2) is 0 Å². The summed E-state index contributed by atoms with van der Waals surface area (Å²) in [5, 5.41) is 12.9. The number of hydrogen-bond donors (Lipinski definition) is 3. The van der Waals surface area contributed by atoms with Crippen LogP contribution in [0.5, 0.6) is 0 Å². The third kappa shape index (κ3) is 3.09. The minimum Gasteiger partial charge on any atom is -0.393 e. The maximum Gasteiger partial charge on any atom is 0.231 e. The molecule has 7 heteroatoms. The Balaban J connectivity index is 1.69. The number of nitrogens with one attached hydrogen (secondary N) is 1. The van der Waals surface area contributed by atoms with Gasteiger partial charge in [-0.3, -0.25) is 0 Å². The van der Waals surface area contributed by atoms with E-state index in [2.05, 4.69) is 25.2 Å². The van der Waals surface area contributed by atoms with Crippen LogP contribution in [-0.4, -0.2) is 45.3 Å². The Labute approximate surface area is 118 Å². The summed E-state index contributed by atoms with van der Waals surface area (Å²) in [7, 11) is 0. The summed E-state index contributed by atoms with van der Waals surface area (Å²) in [4.78, 5) is 15.0. The molecule has 2 heterocycles. The largest absolute Gasteiger partial charge is 0.393 e. The van der Waals surface area contributed by atoms with Crippen LogP contribution in [0.15, 0.2) is 0 Å². The summed E-state index contributed by atoms with van der Waals surface area (Å²) in [6, 6.07) is 0.312. The van der Waals surface area contributed by atoms with Crippen molar-refractivity contribution in [3.63, 3.8) is 0 Å². The Morgan fingerprint density at radius 1 is 1.05 bits per heavy atom. The lowest BCUT2D eigenvalue weighted by Gasteiger charge is -2.26. The average Bonchev–Trinajstić information content (AvgIpc) is 2.95. The van der Waals surface area contributed by atoms with E-state index in [1.165, 1.54) is 12.8 Å². The monoisotopic (exact) mass is 278 g/mol. The van der Waals surface area contributed by atoms with E-state index in [4.69, 9.17) is 5.73 Å². The van der Waals surface area contributed by atoms with Gasteiger partial charge >= 0.3 is 0 Å². The van der Waals surface area contributed by atoms with Gasteiger partial charge in [-0.2, -0.15) is 15.0 Å². The van der Waals surface area contributed by atoms with Gasteiger partial charge in [-0.05, 0) is 38.5 Å². The Hall–Kier alpha value is -1.63. The first kappa shape index (κ1) is 13.4. The van der Waals surface area contributed by atoms with Crippen molar-refractivity contribution >= 4 is 17.8 Å². The van der Waals surface area contributed by atoms with Gasteiger partial charge < -0.3 is 21.1 Å². The van der Waals surface area contributed by atoms with Crippen molar-refractivity contribution in [3.8, 4) is 0 Å². The van der Waals surface area contributed by atoms with Crippen molar-refractivity contribution < 1.29 is 5.11 Å². The Kier molecular flexibility index (Phi) is 3.86. The summed E-state index contributed by atoms with van der Waals surface area (Å²) in [6.45, 7) is 1.97. The smallest absolute Gasteiger partial charge is 0.231 e. The van der Waals surface area contributed by atoms with Crippen LogP contribution in [0, 0.1) is 0 Å². The number of anilines is 3. The first-order chi connectivity index (χ1) is 9.70. The van der Waals surface area contributed by atoms with E-state index in [1.54, 1.807) is 0 Å². The fourth-order valence-electron chi connectivity index (χ4n) is 2.91. The van der Waals surface area contributed by atoms with E-state index < -0.39 is 0 Å². The van der Waals surface area contributed by atoms with Crippen LogP contribution < -0.4 is 16.0 Å². The minimum atomic E-state index is -0.156. The zero-order valence-electron chi connectivity index (χ0n) is 11.6. The summed E-state index contributed by atoms with van der Waals surface area (Å²) in [5.74, 6) is 1.49. The molecule has 0 bridgehead atoms. The molecule has 1 aromatic heterocycles. The molecule has 0 aromatic carbocycles. The molecule has 1 aromatic rings. The highest BCUT2D eigenvalue weighted by molar-refractivity contribution is 5.42. The number of aliphatic hydroxyl groups excluding tert-OH is 1. The van der Waals surface area contributed by atoms with Crippen LogP contribution in [0.25, 0.3) is 0 Å². The second-order valence-corrected chi connectivity index (χ2v) is 5.66. The lowest BCUT2D eigenvalue weighted by atomic mass is 9.93. The highest BCUT2D eigenvalue weighted by Crippen LogP contribution is 2.22. The number of nitrogen functional groups attached to an aromatic ring is 1. The zero-order chi connectivity index (χ0) is 13.9. The lowest BCUT2D eigenvalue weighted by molar-refractivity contribution is 0.126. The fraction of sp³-hybridized carbons (Fsp3) is 0.769. The average molecular weight is 278 g/mol. The molecule has 1 saturated heterocycles. The first-order valence-electron chi connectivity index (χ1n) is 7.42. The molecule has 20 heavy (non-hydrogen) atoms. The molecule has 1 aliphatic heterocycles. The molecule has 1 saturated carbocycles. The van der Waals surface area contributed by atoms with Crippen LogP contribution in [0.2, 0.25) is 0 Å². The molecule has 0 spiro atoms. The second-order valence-electron chi connectivity index (χ2n) is 5.66. The van der Waals surface area contributed by atoms with Crippen LogP contribution in [0.4, 0.5) is 17.8 Å².